The van der Waals surface area contributed by atoms with Crippen molar-refractivity contribution in [3.8, 4) is 0 Å². The lowest BCUT2D eigenvalue weighted by Crippen LogP contribution is -2.08. The molecule has 19 heavy (non-hydrogen) atoms. The first-order chi connectivity index (χ1) is 8.97. The number of aryl methyl sites for hydroxylation is 1. The van der Waals surface area contributed by atoms with Crippen LogP contribution in [0.1, 0.15) is 16.7 Å². The molecule has 0 aromatic heterocycles. The Balaban J connectivity index is 2.34. The quantitative estimate of drug-likeness (QED) is 0.692. The fraction of sp³-hybridized carbons (Fsp3) is 0.133. The monoisotopic (exact) mass is 263 g/mol. The minimum absolute atomic E-state index is 0.0662. The van der Waals surface area contributed by atoms with Crippen LogP contribution in [0.2, 0.25) is 0 Å². The summed E-state index contributed by atoms with van der Waals surface area (Å²) in [5.74, 6) is 0. The van der Waals surface area contributed by atoms with Gasteiger partial charge < -0.3 is 0 Å². The maximum Gasteiger partial charge on any atom is 0.417 e. The molecule has 2 aromatic rings. The van der Waals surface area contributed by atoms with Crippen LogP contribution in [0.3, 0.4) is 0 Å². The molecule has 0 radical (unpaired) electrons. The van der Waals surface area contributed by atoms with Gasteiger partial charge in [-0.15, -0.1) is 0 Å². The van der Waals surface area contributed by atoms with Crippen molar-refractivity contribution in [2.45, 2.75) is 13.1 Å². The molecule has 0 atom stereocenters. The maximum absolute atomic E-state index is 12.8. The summed E-state index contributed by atoms with van der Waals surface area (Å²) in [6, 6.07) is 12.7. The van der Waals surface area contributed by atoms with Gasteiger partial charge >= 0.3 is 6.18 Å². The molecule has 0 unspecified atom stereocenters. The van der Waals surface area contributed by atoms with Gasteiger partial charge in [0.1, 0.15) is 0 Å². The van der Waals surface area contributed by atoms with Gasteiger partial charge in [0.15, 0.2) is 0 Å². The number of nitrogens with zero attached hydrogens (tertiary/aromatic N) is 1. The SMILES string of the molecule is Cc1cccc(N=Cc2ccccc2C(F)(F)F)c1. The highest BCUT2D eigenvalue weighted by atomic mass is 19.4. The van der Waals surface area contributed by atoms with Gasteiger partial charge in [0.05, 0.1) is 11.3 Å². The Kier molecular flexibility index (Phi) is 3.69. The lowest BCUT2D eigenvalue weighted by atomic mass is 10.1. The van der Waals surface area contributed by atoms with Gasteiger partial charge in [-0.2, -0.15) is 13.2 Å². The molecule has 0 saturated carbocycles. The molecule has 0 heterocycles. The van der Waals surface area contributed by atoms with Crippen LogP contribution in [0.25, 0.3) is 0 Å². The van der Waals surface area contributed by atoms with Gasteiger partial charge in [-0.05, 0) is 30.7 Å². The molecule has 0 aliphatic carbocycles. The van der Waals surface area contributed by atoms with Crippen molar-refractivity contribution in [1.82, 2.24) is 0 Å². The van der Waals surface area contributed by atoms with Crippen molar-refractivity contribution in [2.75, 3.05) is 0 Å². The predicted molar refractivity (Wildman–Crippen MR) is 69.9 cm³/mol. The molecule has 1 nitrogen and oxygen atoms in total. The lowest BCUT2D eigenvalue weighted by Gasteiger charge is -2.09. The van der Waals surface area contributed by atoms with Crippen LogP contribution in [0, 0.1) is 6.92 Å². The average Bonchev–Trinajstić information content (AvgIpc) is 2.36. The summed E-state index contributed by atoms with van der Waals surface area (Å²) >= 11 is 0. The van der Waals surface area contributed by atoms with E-state index in [1.54, 1.807) is 12.1 Å². The number of alkyl halides is 3. The first-order valence-electron chi connectivity index (χ1n) is 5.74. The average molecular weight is 263 g/mol. The zero-order chi connectivity index (χ0) is 13.9. The summed E-state index contributed by atoms with van der Waals surface area (Å²) < 4.78 is 38.3. The third kappa shape index (κ3) is 3.44. The normalized spacial score (nSPS) is 12.0. The molecule has 0 aliphatic heterocycles. The van der Waals surface area contributed by atoms with Crippen LogP contribution in [0.4, 0.5) is 18.9 Å². The van der Waals surface area contributed by atoms with Crippen LogP contribution in [0.15, 0.2) is 53.5 Å². The van der Waals surface area contributed by atoms with Gasteiger partial charge in [0.2, 0.25) is 0 Å². The second-order valence-corrected chi connectivity index (χ2v) is 4.18. The molecule has 0 bridgehead atoms. The smallest absolute Gasteiger partial charge is 0.256 e. The number of hydrogen-bond acceptors (Lipinski definition) is 1. The number of hydrogen-bond donors (Lipinski definition) is 0. The van der Waals surface area contributed by atoms with Crippen LogP contribution in [0.5, 0.6) is 0 Å². The molecular weight excluding hydrogens is 251 g/mol. The van der Waals surface area contributed by atoms with Crippen LogP contribution >= 0.6 is 0 Å². The minimum atomic E-state index is -4.37. The highest BCUT2D eigenvalue weighted by molar-refractivity contribution is 5.84. The van der Waals surface area contributed by atoms with E-state index >= 15 is 0 Å². The van der Waals surface area contributed by atoms with Crippen LogP contribution in [-0.4, -0.2) is 6.21 Å². The van der Waals surface area contributed by atoms with E-state index in [1.165, 1.54) is 18.3 Å². The van der Waals surface area contributed by atoms with Gasteiger partial charge in [0, 0.05) is 11.8 Å². The highest BCUT2D eigenvalue weighted by Gasteiger charge is 2.32. The van der Waals surface area contributed by atoms with E-state index in [0.29, 0.717) is 5.69 Å². The number of benzene rings is 2. The van der Waals surface area contributed by atoms with Gasteiger partial charge in [-0.25, -0.2) is 0 Å². The summed E-state index contributed by atoms with van der Waals surface area (Å²) in [6.45, 7) is 1.91. The van der Waals surface area contributed by atoms with Crippen molar-refractivity contribution in [2.24, 2.45) is 4.99 Å². The molecule has 0 spiro atoms. The Labute approximate surface area is 109 Å². The minimum Gasteiger partial charge on any atom is -0.256 e. The van der Waals surface area contributed by atoms with Crippen molar-refractivity contribution >= 4 is 11.9 Å². The van der Waals surface area contributed by atoms with E-state index < -0.39 is 11.7 Å². The first-order valence-corrected chi connectivity index (χ1v) is 5.74. The fourth-order valence-corrected chi connectivity index (χ4v) is 1.72. The number of halogens is 3. The third-order valence-electron chi connectivity index (χ3n) is 2.62. The lowest BCUT2D eigenvalue weighted by molar-refractivity contribution is -0.137. The van der Waals surface area contributed by atoms with Crippen molar-refractivity contribution < 1.29 is 13.2 Å². The van der Waals surface area contributed by atoms with E-state index in [9.17, 15) is 13.2 Å². The van der Waals surface area contributed by atoms with E-state index in [4.69, 9.17) is 0 Å². The van der Waals surface area contributed by atoms with E-state index in [1.807, 2.05) is 25.1 Å². The molecule has 0 amide bonds. The summed E-state index contributed by atoms with van der Waals surface area (Å²) in [5.41, 5.74) is 1.04. The topological polar surface area (TPSA) is 12.4 Å². The third-order valence-corrected chi connectivity index (χ3v) is 2.62. The molecular formula is C15H12F3N. The molecule has 4 heteroatoms. The van der Waals surface area contributed by atoms with Crippen molar-refractivity contribution in [3.63, 3.8) is 0 Å². The Hall–Kier alpha value is -2.10. The first kappa shape index (κ1) is 13.3. The van der Waals surface area contributed by atoms with Crippen LogP contribution < -0.4 is 0 Å². The highest BCUT2D eigenvalue weighted by Crippen LogP contribution is 2.31. The van der Waals surface area contributed by atoms with Gasteiger partial charge in [-0.3, -0.25) is 4.99 Å². The zero-order valence-corrected chi connectivity index (χ0v) is 10.3. The Morgan fingerprint density at radius 2 is 1.74 bits per heavy atom. The Bertz CT molecular complexity index is 600. The zero-order valence-electron chi connectivity index (χ0n) is 10.3. The summed E-state index contributed by atoms with van der Waals surface area (Å²) in [4.78, 5) is 4.09. The second kappa shape index (κ2) is 5.26. The maximum atomic E-state index is 12.8. The van der Waals surface area contributed by atoms with Crippen LogP contribution in [-0.2, 0) is 6.18 Å². The molecule has 2 aromatic carbocycles. The van der Waals surface area contributed by atoms with E-state index in [2.05, 4.69) is 4.99 Å². The molecule has 0 saturated heterocycles. The largest absolute Gasteiger partial charge is 0.417 e. The van der Waals surface area contributed by atoms with Crippen molar-refractivity contribution in [1.29, 1.82) is 0 Å². The summed E-state index contributed by atoms with van der Waals surface area (Å²) in [6.07, 6.45) is -3.12. The second-order valence-electron chi connectivity index (χ2n) is 4.18. The fourth-order valence-electron chi connectivity index (χ4n) is 1.72. The molecule has 98 valence electrons. The predicted octanol–water partition coefficient (Wildman–Crippen LogP) is 4.76. The number of rotatable bonds is 2. The molecule has 0 N–H and O–H groups in total. The standard InChI is InChI=1S/C15H12F3N/c1-11-5-4-7-13(9-11)19-10-12-6-2-3-8-14(12)15(16,17)18/h2-10H,1H3. The summed E-state index contributed by atoms with van der Waals surface area (Å²) in [7, 11) is 0. The van der Waals surface area contributed by atoms with E-state index in [-0.39, 0.29) is 5.56 Å². The van der Waals surface area contributed by atoms with Gasteiger partial charge in [0.25, 0.3) is 0 Å². The number of aliphatic imine (C=N–C) groups is 1. The van der Waals surface area contributed by atoms with E-state index in [0.717, 1.165) is 11.6 Å². The Morgan fingerprint density at radius 1 is 1.00 bits per heavy atom. The Morgan fingerprint density at radius 3 is 2.42 bits per heavy atom. The molecule has 2 rings (SSSR count). The van der Waals surface area contributed by atoms with Gasteiger partial charge in [-0.1, -0.05) is 30.3 Å². The van der Waals surface area contributed by atoms with Crippen molar-refractivity contribution in [3.05, 3.63) is 65.2 Å². The molecule has 0 aliphatic rings. The molecule has 0 fully saturated rings. The summed E-state index contributed by atoms with van der Waals surface area (Å²) in [5, 5.41) is 0.